The maximum atomic E-state index is 12.6. The lowest BCUT2D eigenvalue weighted by Gasteiger charge is -2.09. The van der Waals surface area contributed by atoms with Crippen LogP contribution in [-0.2, 0) is 6.18 Å². The minimum atomic E-state index is -4.48. The molecule has 2 nitrogen and oxygen atoms in total. The molecule has 2 aromatic rings. The Morgan fingerprint density at radius 1 is 1.10 bits per heavy atom. The van der Waals surface area contributed by atoms with Crippen LogP contribution in [0.4, 0.5) is 18.9 Å². The molecule has 0 radical (unpaired) electrons. The minimum Gasteiger partial charge on any atom is -0.322 e. The zero-order valence-corrected chi connectivity index (χ0v) is 10.7. The zero-order chi connectivity index (χ0) is 15.5. The van der Waals surface area contributed by atoms with Crippen LogP contribution in [0.5, 0.6) is 0 Å². The second kappa shape index (κ2) is 5.71. The molecule has 2 aromatic carbocycles. The highest BCUT2D eigenvalue weighted by Gasteiger charge is 2.30. The Hall–Kier alpha value is -2.74. The van der Waals surface area contributed by atoms with Crippen molar-refractivity contribution in [1.29, 1.82) is 0 Å². The maximum absolute atomic E-state index is 12.6. The van der Waals surface area contributed by atoms with Gasteiger partial charge in [0.05, 0.1) is 5.56 Å². The molecule has 0 saturated carbocycles. The van der Waals surface area contributed by atoms with E-state index in [1.54, 1.807) is 24.3 Å². The van der Waals surface area contributed by atoms with E-state index in [-0.39, 0.29) is 5.56 Å². The molecule has 0 unspecified atom stereocenters. The summed E-state index contributed by atoms with van der Waals surface area (Å²) in [4.78, 5) is 11.9. The molecule has 2 rings (SSSR count). The molecule has 0 aliphatic rings. The van der Waals surface area contributed by atoms with Crippen LogP contribution in [0.1, 0.15) is 21.5 Å². The summed E-state index contributed by atoms with van der Waals surface area (Å²) in [5, 5.41) is 2.51. The summed E-state index contributed by atoms with van der Waals surface area (Å²) in [6, 6.07) is 10.7. The topological polar surface area (TPSA) is 29.1 Å². The van der Waals surface area contributed by atoms with Gasteiger partial charge in [-0.1, -0.05) is 12.0 Å². The summed E-state index contributed by atoms with van der Waals surface area (Å²) in [5.41, 5.74) is 0.173. The molecule has 0 saturated heterocycles. The van der Waals surface area contributed by atoms with E-state index in [0.717, 1.165) is 12.1 Å². The molecule has 0 aliphatic carbocycles. The number of rotatable bonds is 2. The molecule has 0 heterocycles. The number of carbonyl (C=O) groups excluding carboxylic acids is 1. The molecule has 106 valence electrons. The van der Waals surface area contributed by atoms with Crippen LogP contribution in [-0.4, -0.2) is 5.91 Å². The fraction of sp³-hybridized carbons (Fsp3) is 0.0625. The summed E-state index contributed by atoms with van der Waals surface area (Å²) >= 11 is 0. The van der Waals surface area contributed by atoms with Gasteiger partial charge in [-0.05, 0) is 42.5 Å². The second-order valence-electron chi connectivity index (χ2n) is 4.25. The first-order valence-electron chi connectivity index (χ1n) is 5.95. The molecule has 1 amide bonds. The lowest BCUT2D eigenvalue weighted by molar-refractivity contribution is -0.137. The third-order valence-corrected chi connectivity index (χ3v) is 2.76. The van der Waals surface area contributed by atoms with Crippen molar-refractivity contribution < 1.29 is 18.0 Å². The molecule has 0 bridgehead atoms. The fourth-order valence-corrected chi connectivity index (χ4v) is 1.69. The van der Waals surface area contributed by atoms with Crippen molar-refractivity contribution in [3.8, 4) is 12.3 Å². The highest BCUT2D eigenvalue weighted by Crippen LogP contribution is 2.29. The molecule has 0 aromatic heterocycles. The molecule has 0 atom stereocenters. The van der Waals surface area contributed by atoms with Gasteiger partial charge in [-0.15, -0.1) is 6.42 Å². The monoisotopic (exact) mass is 289 g/mol. The van der Waals surface area contributed by atoms with Crippen molar-refractivity contribution >= 4 is 11.6 Å². The standard InChI is InChI=1S/C16H10F3NO/c1-2-11-6-8-14(9-7-11)20-15(21)12-4-3-5-13(10-12)16(17,18)19/h1,3-10H,(H,20,21). The zero-order valence-electron chi connectivity index (χ0n) is 10.7. The van der Waals surface area contributed by atoms with E-state index < -0.39 is 17.6 Å². The van der Waals surface area contributed by atoms with Crippen molar-refractivity contribution in [3.05, 3.63) is 65.2 Å². The summed E-state index contributed by atoms with van der Waals surface area (Å²) in [7, 11) is 0. The number of terminal acetylenes is 1. The number of halogens is 3. The molecule has 21 heavy (non-hydrogen) atoms. The number of amides is 1. The molecule has 5 heteroatoms. The quantitative estimate of drug-likeness (QED) is 0.834. The molecule has 0 fully saturated rings. The van der Waals surface area contributed by atoms with Crippen molar-refractivity contribution in [2.24, 2.45) is 0 Å². The largest absolute Gasteiger partial charge is 0.416 e. The Balaban J connectivity index is 2.18. The van der Waals surface area contributed by atoms with E-state index in [1.165, 1.54) is 12.1 Å². The van der Waals surface area contributed by atoms with Gasteiger partial charge in [0.1, 0.15) is 0 Å². The van der Waals surface area contributed by atoms with Gasteiger partial charge in [-0.2, -0.15) is 13.2 Å². The lowest BCUT2D eigenvalue weighted by Crippen LogP contribution is -2.13. The number of hydrogen-bond acceptors (Lipinski definition) is 1. The van der Waals surface area contributed by atoms with Gasteiger partial charge >= 0.3 is 6.18 Å². The van der Waals surface area contributed by atoms with E-state index in [4.69, 9.17) is 6.42 Å². The van der Waals surface area contributed by atoms with Crippen molar-refractivity contribution in [3.63, 3.8) is 0 Å². The van der Waals surface area contributed by atoms with Crippen LogP contribution in [0, 0.1) is 12.3 Å². The Labute approximate surface area is 119 Å². The van der Waals surface area contributed by atoms with E-state index in [1.807, 2.05) is 0 Å². The van der Waals surface area contributed by atoms with Gasteiger partial charge in [0.25, 0.3) is 5.91 Å². The Morgan fingerprint density at radius 2 is 1.76 bits per heavy atom. The minimum absolute atomic E-state index is 0.0640. The van der Waals surface area contributed by atoms with Gasteiger partial charge in [-0.25, -0.2) is 0 Å². The summed E-state index contributed by atoms with van der Waals surface area (Å²) in [5.74, 6) is 1.81. The van der Waals surface area contributed by atoms with E-state index in [9.17, 15) is 18.0 Å². The van der Waals surface area contributed by atoms with Crippen LogP contribution >= 0.6 is 0 Å². The number of benzene rings is 2. The van der Waals surface area contributed by atoms with E-state index >= 15 is 0 Å². The first kappa shape index (κ1) is 14.7. The second-order valence-corrected chi connectivity index (χ2v) is 4.25. The Bertz CT molecular complexity index is 697. The lowest BCUT2D eigenvalue weighted by atomic mass is 10.1. The third kappa shape index (κ3) is 3.63. The highest BCUT2D eigenvalue weighted by atomic mass is 19.4. The van der Waals surface area contributed by atoms with Crippen LogP contribution in [0.25, 0.3) is 0 Å². The first-order chi connectivity index (χ1) is 9.90. The van der Waals surface area contributed by atoms with Crippen LogP contribution < -0.4 is 5.32 Å². The number of hydrogen-bond donors (Lipinski definition) is 1. The molecular weight excluding hydrogens is 279 g/mol. The van der Waals surface area contributed by atoms with Crippen LogP contribution in [0.3, 0.4) is 0 Å². The fourth-order valence-electron chi connectivity index (χ4n) is 1.69. The van der Waals surface area contributed by atoms with Gasteiger partial charge in [-0.3, -0.25) is 4.79 Å². The van der Waals surface area contributed by atoms with Crippen molar-refractivity contribution in [2.75, 3.05) is 5.32 Å². The third-order valence-electron chi connectivity index (χ3n) is 2.76. The van der Waals surface area contributed by atoms with Crippen molar-refractivity contribution in [2.45, 2.75) is 6.18 Å². The number of alkyl halides is 3. The molecule has 0 aliphatic heterocycles. The average Bonchev–Trinajstić information content (AvgIpc) is 2.47. The Morgan fingerprint density at radius 3 is 2.33 bits per heavy atom. The smallest absolute Gasteiger partial charge is 0.322 e. The van der Waals surface area contributed by atoms with Gasteiger partial charge in [0.15, 0.2) is 0 Å². The average molecular weight is 289 g/mol. The maximum Gasteiger partial charge on any atom is 0.416 e. The molecule has 0 spiro atoms. The van der Waals surface area contributed by atoms with E-state index in [2.05, 4.69) is 11.2 Å². The highest BCUT2D eigenvalue weighted by molar-refractivity contribution is 6.04. The summed E-state index contributed by atoms with van der Waals surface area (Å²) in [6.45, 7) is 0. The summed E-state index contributed by atoms with van der Waals surface area (Å²) < 4.78 is 37.8. The predicted molar refractivity (Wildman–Crippen MR) is 73.8 cm³/mol. The predicted octanol–water partition coefficient (Wildman–Crippen LogP) is 3.94. The molecule has 1 N–H and O–H groups in total. The number of anilines is 1. The molecular formula is C16H10F3NO. The van der Waals surface area contributed by atoms with Gasteiger partial charge < -0.3 is 5.32 Å². The van der Waals surface area contributed by atoms with Crippen molar-refractivity contribution in [1.82, 2.24) is 0 Å². The number of nitrogens with one attached hydrogen (secondary N) is 1. The SMILES string of the molecule is C#Cc1ccc(NC(=O)c2cccc(C(F)(F)F)c2)cc1. The van der Waals surface area contributed by atoms with Gasteiger partial charge in [0.2, 0.25) is 0 Å². The summed E-state index contributed by atoms with van der Waals surface area (Å²) in [6.07, 6.45) is 0.724. The first-order valence-corrected chi connectivity index (χ1v) is 5.95. The number of carbonyl (C=O) groups is 1. The van der Waals surface area contributed by atoms with Crippen LogP contribution in [0.2, 0.25) is 0 Å². The van der Waals surface area contributed by atoms with Gasteiger partial charge in [0, 0.05) is 16.8 Å². The Kier molecular flexibility index (Phi) is 3.99. The van der Waals surface area contributed by atoms with Crippen LogP contribution in [0.15, 0.2) is 48.5 Å². The van der Waals surface area contributed by atoms with E-state index in [0.29, 0.717) is 11.3 Å². The normalized spacial score (nSPS) is 10.8.